The summed E-state index contributed by atoms with van der Waals surface area (Å²) in [7, 11) is 1.38. The number of aromatic nitrogens is 2. The molecule has 2 bridgehead atoms. The molecule has 1 N–H and O–H groups in total. The van der Waals surface area contributed by atoms with Gasteiger partial charge in [0.05, 0.1) is 31.1 Å². The zero-order valence-corrected chi connectivity index (χ0v) is 22.7. The van der Waals surface area contributed by atoms with Crippen LogP contribution < -0.4 is 5.32 Å². The first-order valence-electron chi connectivity index (χ1n) is 13.8. The smallest absolute Gasteiger partial charge is 0.409 e. The van der Waals surface area contributed by atoms with E-state index in [9.17, 15) is 27.2 Å². The van der Waals surface area contributed by atoms with Crippen LogP contribution in [0.4, 0.5) is 22.4 Å². The van der Waals surface area contributed by atoms with Gasteiger partial charge in [-0.3, -0.25) is 9.69 Å². The van der Waals surface area contributed by atoms with E-state index in [0.29, 0.717) is 38.0 Å². The Balaban J connectivity index is 1.28. The Morgan fingerprint density at radius 3 is 2.55 bits per heavy atom. The van der Waals surface area contributed by atoms with Crippen molar-refractivity contribution < 1.29 is 31.9 Å². The molecule has 2 unspecified atom stereocenters. The highest BCUT2D eigenvalue weighted by Gasteiger charge is 2.43. The quantitative estimate of drug-likeness (QED) is 0.487. The van der Waals surface area contributed by atoms with Crippen LogP contribution >= 0.6 is 0 Å². The average molecular weight is 566 g/mol. The molecule has 3 aliphatic heterocycles. The maximum Gasteiger partial charge on any atom is 0.409 e. The standard InChI is InChI=1S/C28H35F4N5O3/c1-17-33-24-8-10-35(27(39)40-2)16-25(24)37(17)22-13-20-6-7-21(14-22)36(20)11-9-23(18-4-3-5-19(29)12-18)34-26(38)15-28(30,31)32/h3-5,12,20-23H,6-11,13-16H2,1-2H3,(H,34,38)/t20?,21?,22?,23-/m0/s1. The van der Waals surface area contributed by atoms with Crippen molar-refractivity contribution in [2.24, 2.45) is 0 Å². The number of methoxy groups -OCH3 is 1. The molecule has 2 saturated heterocycles. The molecule has 0 radical (unpaired) electrons. The van der Waals surface area contributed by atoms with E-state index in [0.717, 1.165) is 42.9 Å². The van der Waals surface area contributed by atoms with E-state index in [4.69, 9.17) is 9.72 Å². The highest BCUT2D eigenvalue weighted by atomic mass is 19.4. The average Bonchev–Trinajstić information content (AvgIpc) is 3.34. The van der Waals surface area contributed by atoms with Gasteiger partial charge in [0.1, 0.15) is 18.1 Å². The number of aryl methyl sites for hydroxylation is 1. The van der Waals surface area contributed by atoms with Crippen LogP contribution in [0.3, 0.4) is 0 Å². The molecule has 3 atom stereocenters. The van der Waals surface area contributed by atoms with Gasteiger partial charge in [0, 0.05) is 37.6 Å². The number of rotatable bonds is 7. The van der Waals surface area contributed by atoms with Gasteiger partial charge in [-0.25, -0.2) is 14.2 Å². The number of alkyl halides is 3. The van der Waals surface area contributed by atoms with E-state index in [2.05, 4.69) is 14.8 Å². The lowest BCUT2D eigenvalue weighted by molar-refractivity contribution is -0.154. The van der Waals surface area contributed by atoms with E-state index in [1.54, 1.807) is 11.0 Å². The minimum atomic E-state index is -4.61. The van der Waals surface area contributed by atoms with Crippen LogP contribution in [0.15, 0.2) is 24.3 Å². The van der Waals surface area contributed by atoms with Crippen LogP contribution in [0.1, 0.15) is 73.4 Å². The first kappa shape index (κ1) is 28.4. The molecule has 12 heteroatoms. The number of hydrogen-bond acceptors (Lipinski definition) is 5. The van der Waals surface area contributed by atoms with Crippen molar-refractivity contribution in [3.05, 3.63) is 52.9 Å². The minimum Gasteiger partial charge on any atom is -0.453 e. The fourth-order valence-electron chi connectivity index (χ4n) is 6.86. The second-order valence-electron chi connectivity index (χ2n) is 11.1. The summed E-state index contributed by atoms with van der Waals surface area (Å²) in [5, 5.41) is 2.49. The van der Waals surface area contributed by atoms with Crippen molar-refractivity contribution in [2.75, 3.05) is 20.2 Å². The third-order valence-electron chi connectivity index (χ3n) is 8.51. The number of benzene rings is 1. The number of nitrogens with one attached hydrogen (secondary N) is 1. The lowest BCUT2D eigenvalue weighted by Crippen LogP contribution is -2.45. The third kappa shape index (κ3) is 6.11. The van der Waals surface area contributed by atoms with Gasteiger partial charge in [0.15, 0.2) is 0 Å². The first-order chi connectivity index (χ1) is 19.0. The fourth-order valence-corrected chi connectivity index (χ4v) is 6.86. The fraction of sp³-hybridized carbons (Fsp3) is 0.607. The number of piperidine rings is 1. The Labute approximate surface area is 230 Å². The number of fused-ring (bicyclic) bond motifs is 3. The number of halogens is 4. The largest absolute Gasteiger partial charge is 0.453 e. The molecule has 0 aliphatic carbocycles. The van der Waals surface area contributed by atoms with E-state index in [1.807, 2.05) is 6.92 Å². The molecule has 4 heterocycles. The Bertz CT molecular complexity index is 1240. The van der Waals surface area contributed by atoms with Crippen molar-refractivity contribution in [1.82, 2.24) is 24.7 Å². The van der Waals surface area contributed by atoms with Gasteiger partial charge >= 0.3 is 12.3 Å². The van der Waals surface area contributed by atoms with Crippen LogP contribution in [0, 0.1) is 12.7 Å². The molecule has 3 aliphatic rings. The SMILES string of the molecule is COC(=O)N1CCc2nc(C)n(C3CC4CCC(C3)N4CC[C@H](NC(=O)CC(F)(F)F)c3cccc(F)c3)c2C1. The first-order valence-corrected chi connectivity index (χ1v) is 13.8. The topological polar surface area (TPSA) is 79.7 Å². The predicted molar refractivity (Wildman–Crippen MR) is 138 cm³/mol. The number of carbonyl (C=O) groups excluding carboxylic acids is 2. The summed E-state index contributed by atoms with van der Waals surface area (Å²) < 4.78 is 59.6. The molecule has 0 spiro atoms. The van der Waals surface area contributed by atoms with Crippen LogP contribution in [0.5, 0.6) is 0 Å². The molecule has 1 aromatic carbocycles. The Morgan fingerprint density at radius 2 is 1.90 bits per heavy atom. The molecule has 2 fully saturated rings. The number of carbonyl (C=O) groups is 2. The molecule has 218 valence electrons. The summed E-state index contributed by atoms with van der Waals surface area (Å²) in [6.07, 6.45) is -1.67. The van der Waals surface area contributed by atoms with Gasteiger partial charge in [-0.05, 0) is 56.7 Å². The lowest BCUT2D eigenvalue weighted by Gasteiger charge is -2.41. The normalized spacial score (nSPS) is 23.6. The molecule has 2 aromatic rings. The molecule has 5 rings (SSSR count). The van der Waals surface area contributed by atoms with Crippen molar-refractivity contribution in [2.45, 2.75) is 88.8 Å². The van der Waals surface area contributed by atoms with Crippen LogP contribution in [-0.4, -0.2) is 69.8 Å². The van der Waals surface area contributed by atoms with E-state index < -0.39 is 30.4 Å². The highest BCUT2D eigenvalue weighted by Crippen LogP contribution is 2.43. The summed E-state index contributed by atoms with van der Waals surface area (Å²) in [5.41, 5.74) is 2.54. The minimum absolute atomic E-state index is 0.230. The van der Waals surface area contributed by atoms with Gasteiger partial charge in [0.2, 0.25) is 5.91 Å². The van der Waals surface area contributed by atoms with Gasteiger partial charge in [-0.15, -0.1) is 0 Å². The molecular weight excluding hydrogens is 530 g/mol. The van der Waals surface area contributed by atoms with Crippen molar-refractivity contribution in [3.63, 3.8) is 0 Å². The number of amides is 2. The van der Waals surface area contributed by atoms with Gasteiger partial charge in [-0.1, -0.05) is 12.1 Å². The third-order valence-corrected chi connectivity index (χ3v) is 8.51. The summed E-state index contributed by atoms with van der Waals surface area (Å²) in [6, 6.07) is 5.72. The Kier molecular flexibility index (Phi) is 8.08. The molecule has 8 nitrogen and oxygen atoms in total. The zero-order valence-electron chi connectivity index (χ0n) is 22.7. The van der Waals surface area contributed by atoms with E-state index in [-0.39, 0.29) is 24.2 Å². The molecule has 2 amide bonds. The Morgan fingerprint density at radius 1 is 1.18 bits per heavy atom. The van der Waals surface area contributed by atoms with Crippen molar-refractivity contribution >= 4 is 12.0 Å². The zero-order chi connectivity index (χ0) is 28.6. The summed E-state index contributed by atoms with van der Waals surface area (Å²) in [6.45, 7) is 3.62. The molecule has 40 heavy (non-hydrogen) atoms. The number of hydrogen-bond donors (Lipinski definition) is 1. The number of nitrogens with zero attached hydrogens (tertiary/aromatic N) is 4. The maximum atomic E-state index is 13.9. The van der Waals surface area contributed by atoms with Crippen LogP contribution in [0.25, 0.3) is 0 Å². The summed E-state index contributed by atoms with van der Waals surface area (Å²) >= 11 is 0. The van der Waals surface area contributed by atoms with Gasteiger partial charge < -0.3 is 19.5 Å². The summed E-state index contributed by atoms with van der Waals surface area (Å²) in [5.74, 6) is -0.684. The van der Waals surface area contributed by atoms with Crippen molar-refractivity contribution in [3.8, 4) is 0 Å². The van der Waals surface area contributed by atoms with E-state index in [1.165, 1.54) is 25.3 Å². The number of imidazole rings is 1. The lowest BCUT2D eigenvalue weighted by atomic mass is 9.95. The predicted octanol–water partition coefficient (Wildman–Crippen LogP) is 4.82. The van der Waals surface area contributed by atoms with Gasteiger partial charge in [-0.2, -0.15) is 13.2 Å². The van der Waals surface area contributed by atoms with E-state index >= 15 is 0 Å². The summed E-state index contributed by atoms with van der Waals surface area (Å²) in [4.78, 5) is 33.2. The Hall–Kier alpha value is -3.15. The monoisotopic (exact) mass is 565 g/mol. The van der Waals surface area contributed by atoms with Crippen LogP contribution in [0.2, 0.25) is 0 Å². The van der Waals surface area contributed by atoms with Crippen molar-refractivity contribution in [1.29, 1.82) is 0 Å². The second-order valence-corrected chi connectivity index (χ2v) is 11.1. The highest BCUT2D eigenvalue weighted by molar-refractivity contribution is 5.77. The van der Waals surface area contributed by atoms with Crippen LogP contribution in [-0.2, 0) is 22.5 Å². The second kappa shape index (κ2) is 11.4. The molecule has 0 saturated carbocycles. The maximum absolute atomic E-state index is 13.9. The van der Waals surface area contributed by atoms with Gasteiger partial charge in [0.25, 0.3) is 0 Å². The molecular formula is C28H35F4N5O3. The number of ether oxygens (including phenoxy) is 1. The molecule has 1 aromatic heterocycles.